The number of ether oxygens (including phenoxy) is 2. The van der Waals surface area contributed by atoms with Crippen LogP contribution in [0.4, 0.5) is 0 Å². The molecule has 8 heteroatoms. The Bertz CT molecular complexity index is 930. The van der Waals surface area contributed by atoms with E-state index in [0.29, 0.717) is 27.1 Å². The molecule has 0 spiro atoms. The van der Waals surface area contributed by atoms with Crippen molar-refractivity contribution >= 4 is 35.0 Å². The zero-order valence-corrected chi connectivity index (χ0v) is 19.8. The smallest absolute Gasteiger partial charge is 0.261 e. The van der Waals surface area contributed by atoms with Crippen LogP contribution in [0.5, 0.6) is 11.5 Å². The molecule has 1 aliphatic rings. The van der Waals surface area contributed by atoms with Crippen LogP contribution in [-0.2, 0) is 16.1 Å². The van der Waals surface area contributed by atoms with Gasteiger partial charge in [-0.15, -0.1) is 0 Å². The molecule has 0 heterocycles. The molecule has 1 saturated carbocycles. The third kappa shape index (κ3) is 6.53. The van der Waals surface area contributed by atoms with Crippen molar-refractivity contribution in [2.24, 2.45) is 0 Å². The van der Waals surface area contributed by atoms with Crippen LogP contribution >= 0.6 is 23.2 Å². The van der Waals surface area contributed by atoms with Gasteiger partial charge in [0, 0.05) is 22.6 Å². The van der Waals surface area contributed by atoms with Crippen molar-refractivity contribution in [3.63, 3.8) is 0 Å². The number of nitrogens with one attached hydrogen (secondary N) is 1. The molecular weight excluding hydrogens is 451 g/mol. The SMILES string of the molecule is COc1ccc(OCC(=O)N(Cc2ccc(Cl)cc2Cl)C(C)C(=O)NC2CCCC2)cc1. The lowest BCUT2D eigenvalue weighted by atomic mass is 10.1. The Hall–Kier alpha value is -2.44. The lowest BCUT2D eigenvalue weighted by molar-refractivity contribution is -0.142. The first-order chi connectivity index (χ1) is 15.4. The van der Waals surface area contributed by atoms with Crippen molar-refractivity contribution in [1.82, 2.24) is 10.2 Å². The fourth-order valence-corrected chi connectivity index (χ4v) is 4.18. The summed E-state index contributed by atoms with van der Waals surface area (Å²) >= 11 is 12.3. The number of amides is 2. The topological polar surface area (TPSA) is 67.9 Å². The number of carbonyl (C=O) groups is 2. The molecule has 0 radical (unpaired) electrons. The van der Waals surface area contributed by atoms with Gasteiger partial charge in [-0.1, -0.05) is 42.1 Å². The van der Waals surface area contributed by atoms with E-state index in [1.807, 2.05) is 0 Å². The fourth-order valence-electron chi connectivity index (χ4n) is 3.71. The first-order valence-electron chi connectivity index (χ1n) is 10.7. The quantitative estimate of drug-likeness (QED) is 0.558. The van der Waals surface area contributed by atoms with E-state index < -0.39 is 6.04 Å². The maximum atomic E-state index is 13.1. The van der Waals surface area contributed by atoms with E-state index in [4.69, 9.17) is 32.7 Å². The second-order valence-corrected chi connectivity index (χ2v) is 8.73. The monoisotopic (exact) mass is 478 g/mol. The highest BCUT2D eigenvalue weighted by molar-refractivity contribution is 6.35. The molecule has 0 aliphatic heterocycles. The van der Waals surface area contributed by atoms with Crippen LogP contribution < -0.4 is 14.8 Å². The molecule has 32 heavy (non-hydrogen) atoms. The van der Waals surface area contributed by atoms with Gasteiger partial charge in [0.05, 0.1) is 7.11 Å². The molecule has 0 aromatic heterocycles. The van der Waals surface area contributed by atoms with Gasteiger partial charge in [-0.05, 0) is 61.7 Å². The molecule has 3 rings (SSSR count). The number of carbonyl (C=O) groups excluding carboxylic acids is 2. The summed E-state index contributed by atoms with van der Waals surface area (Å²) in [6.07, 6.45) is 4.15. The van der Waals surface area contributed by atoms with E-state index in [1.165, 1.54) is 4.90 Å². The highest BCUT2D eigenvalue weighted by Gasteiger charge is 2.29. The third-order valence-corrected chi connectivity index (χ3v) is 6.23. The molecule has 0 bridgehead atoms. The Morgan fingerprint density at radius 2 is 1.75 bits per heavy atom. The average molecular weight is 479 g/mol. The molecule has 0 saturated heterocycles. The number of halogens is 2. The summed E-state index contributed by atoms with van der Waals surface area (Å²) in [5.41, 5.74) is 0.703. The van der Waals surface area contributed by atoms with Crippen molar-refractivity contribution < 1.29 is 19.1 Å². The van der Waals surface area contributed by atoms with Gasteiger partial charge in [-0.2, -0.15) is 0 Å². The minimum absolute atomic E-state index is 0.163. The van der Waals surface area contributed by atoms with E-state index in [1.54, 1.807) is 56.5 Å². The number of methoxy groups -OCH3 is 1. The van der Waals surface area contributed by atoms with Gasteiger partial charge in [0.2, 0.25) is 5.91 Å². The maximum Gasteiger partial charge on any atom is 0.261 e. The summed E-state index contributed by atoms with van der Waals surface area (Å²) in [5.74, 6) is 0.729. The summed E-state index contributed by atoms with van der Waals surface area (Å²) in [6, 6.07) is 11.5. The summed E-state index contributed by atoms with van der Waals surface area (Å²) in [5, 5.41) is 4.01. The zero-order valence-electron chi connectivity index (χ0n) is 18.3. The van der Waals surface area contributed by atoms with Crippen LogP contribution in [0.25, 0.3) is 0 Å². The van der Waals surface area contributed by atoms with E-state index in [9.17, 15) is 9.59 Å². The Kier molecular flexibility index (Phi) is 8.65. The van der Waals surface area contributed by atoms with Crippen LogP contribution in [0.1, 0.15) is 38.2 Å². The Labute approximate surface area is 198 Å². The van der Waals surface area contributed by atoms with Crippen molar-refractivity contribution in [2.75, 3.05) is 13.7 Å². The van der Waals surface area contributed by atoms with E-state index in [-0.39, 0.29) is 31.0 Å². The predicted octanol–water partition coefficient (Wildman–Crippen LogP) is 4.86. The minimum atomic E-state index is -0.686. The van der Waals surface area contributed by atoms with Gasteiger partial charge in [-0.25, -0.2) is 0 Å². The van der Waals surface area contributed by atoms with Gasteiger partial charge in [-0.3, -0.25) is 9.59 Å². The summed E-state index contributed by atoms with van der Waals surface area (Å²) < 4.78 is 10.8. The molecule has 6 nitrogen and oxygen atoms in total. The van der Waals surface area contributed by atoms with Crippen LogP contribution in [0, 0.1) is 0 Å². The first-order valence-corrected chi connectivity index (χ1v) is 11.4. The molecule has 172 valence electrons. The number of nitrogens with zero attached hydrogens (tertiary/aromatic N) is 1. The van der Waals surface area contributed by atoms with Gasteiger partial charge in [0.25, 0.3) is 5.91 Å². The number of hydrogen-bond acceptors (Lipinski definition) is 4. The van der Waals surface area contributed by atoms with Crippen LogP contribution in [0.15, 0.2) is 42.5 Å². The van der Waals surface area contributed by atoms with Crippen LogP contribution in [-0.4, -0.2) is 42.5 Å². The van der Waals surface area contributed by atoms with Crippen molar-refractivity contribution in [3.05, 3.63) is 58.1 Å². The lowest BCUT2D eigenvalue weighted by Gasteiger charge is -2.30. The largest absolute Gasteiger partial charge is 0.497 e. The van der Waals surface area contributed by atoms with E-state index in [0.717, 1.165) is 25.7 Å². The zero-order chi connectivity index (χ0) is 23.1. The Morgan fingerprint density at radius 1 is 1.09 bits per heavy atom. The minimum Gasteiger partial charge on any atom is -0.497 e. The highest BCUT2D eigenvalue weighted by atomic mass is 35.5. The van der Waals surface area contributed by atoms with Gasteiger partial charge in [0.1, 0.15) is 17.5 Å². The van der Waals surface area contributed by atoms with Crippen molar-refractivity contribution in [2.45, 2.75) is 51.2 Å². The predicted molar refractivity (Wildman–Crippen MR) is 125 cm³/mol. The molecule has 1 unspecified atom stereocenters. The molecule has 2 amide bonds. The van der Waals surface area contributed by atoms with Gasteiger partial charge < -0.3 is 19.7 Å². The van der Waals surface area contributed by atoms with Crippen LogP contribution in [0.2, 0.25) is 10.0 Å². The number of benzene rings is 2. The van der Waals surface area contributed by atoms with Gasteiger partial charge >= 0.3 is 0 Å². The van der Waals surface area contributed by atoms with E-state index >= 15 is 0 Å². The Balaban J connectivity index is 1.72. The maximum absolute atomic E-state index is 13.1. The third-order valence-electron chi connectivity index (χ3n) is 5.65. The molecular formula is C24H28Cl2N2O4. The van der Waals surface area contributed by atoms with Crippen LogP contribution in [0.3, 0.4) is 0 Å². The molecule has 1 atom stereocenters. The normalized spacial score (nSPS) is 14.6. The standard InChI is InChI=1S/C24H28Cl2N2O4/c1-16(24(30)27-19-5-3-4-6-19)28(14-17-7-8-18(25)13-22(17)26)23(29)15-32-21-11-9-20(31-2)10-12-21/h7-13,16,19H,3-6,14-15H2,1-2H3,(H,27,30). The summed E-state index contributed by atoms with van der Waals surface area (Å²) in [7, 11) is 1.58. The second-order valence-electron chi connectivity index (χ2n) is 7.89. The van der Waals surface area contributed by atoms with Crippen molar-refractivity contribution in [3.8, 4) is 11.5 Å². The second kappa shape index (κ2) is 11.4. The molecule has 2 aromatic carbocycles. The molecule has 2 aromatic rings. The van der Waals surface area contributed by atoms with E-state index in [2.05, 4.69) is 5.32 Å². The van der Waals surface area contributed by atoms with Gasteiger partial charge in [0.15, 0.2) is 6.61 Å². The lowest BCUT2D eigenvalue weighted by Crippen LogP contribution is -2.50. The fraction of sp³-hybridized carbons (Fsp3) is 0.417. The number of rotatable bonds is 9. The first kappa shape index (κ1) is 24.2. The number of hydrogen-bond donors (Lipinski definition) is 1. The molecule has 1 N–H and O–H groups in total. The summed E-state index contributed by atoms with van der Waals surface area (Å²) in [6.45, 7) is 1.68. The van der Waals surface area contributed by atoms with Crippen molar-refractivity contribution in [1.29, 1.82) is 0 Å². The molecule has 1 aliphatic carbocycles. The summed E-state index contributed by atoms with van der Waals surface area (Å²) in [4.78, 5) is 27.5. The highest BCUT2D eigenvalue weighted by Crippen LogP contribution is 2.24. The molecule has 1 fully saturated rings. The average Bonchev–Trinajstić information content (AvgIpc) is 3.30. The Morgan fingerprint density at radius 3 is 2.38 bits per heavy atom.